The molecule has 1 aromatic heterocycles. The zero-order valence-electron chi connectivity index (χ0n) is 9.61. The second-order valence-corrected chi connectivity index (χ2v) is 4.48. The van der Waals surface area contributed by atoms with Gasteiger partial charge in [-0.05, 0) is 33.0 Å². The summed E-state index contributed by atoms with van der Waals surface area (Å²) in [5.74, 6) is 0. The van der Waals surface area contributed by atoms with Crippen LogP contribution in [-0.2, 0) is 13.6 Å². The molecule has 0 unspecified atom stereocenters. The summed E-state index contributed by atoms with van der Waals surface area (Å²) in [5.41, 5.74) is 1.27. The van der Waals surface area contributed by atoms with Crippen LogP contribution < -0.4 is 5.32 Å². The molecule has 1 aromatic rings. The first-order chi connectivity index (χ1) is 7.24. The average molecular weight is 208 g/mol. The van der Waals surface area contributed by atoms with Crippen LogP contribution in [-0.4, -0.2) is 40.9 Å². The maximum atomic E-state index is 4.16. The van der Waals surface area contributed by atoms with Crippen LogP contribution in [0.5, 0.6) is 0 Å². The van der Waals surface area contributed by atoms with Gasteiger partial charge in [0.2, 0.25) is 0 Å². The topological polar surface area (TPSA) is 33.1 Å². The molecule has 0 bridgehead atoms. The van der Waals surface area contributed by atoms with Crippen LogP contribution in [0.25, 0.3) is 0 Å². The van der Waals surface area contributed by atoms with Crippen molar-refractivity contribution in [3.63, 3.8) is 0 Å². The maximum absolute atomic E-state index is 4.16. The smallest absolute Gasteiger partial charge is 0.0534 e. The Hall–Kier alpha value is -0.870. The largest absolute Gasteiger partial charge is 0.310 e. The van der Waals surface area contributed by atoms with Gasteiger partial charge in [-0.25, -0.2) is 0 Å². The summed E-state index contributed by atoms with van der Waals surface area (Å²) in [6, 6.07) is 0.682. The van der Waals surface area contributed by atoms with Crippen molar-refractivity contribution in [1.82, 2.24) is 20.0 Å². The summed E-state index contributed by atoms with van der Waals surface area (Å²) in [6.07, 6.45) is 6.53. The molecule has 1 saturated heterocycles. The number of aromatic nitrogens is 2. The molecule has 2 rings (SSSR count). The number of nitrogens with zero attached hydrogens (tertiary/aromatic N) is 3. The molecule has 0 radical (unpaired) electrons. The van der Waals surface area contributed by atoms with Crippen LogP contribution >= 0.6 is 0 Å². The molecule has 0 amide bonds. The third-order valence-corrected chi connectivity index (χ3v) is 3.07. The Bertz CT molecular complexity index is 299. The third kappa shape index (κ3) is 3.04. The van der Waals surface area contributed by atoms with Gasteiger partial charge < -0.3 is 10.2 Å². The van der Waals surface area contributed by atoms with E-state index in [0.29, 0.717) is 6.04 Å². The molecule has 15 heavy (non-hydrogen) atoms. The summed E-state index contributed by atoms with van der Waals surface area (Å²) >= 11 is 0. The van der Waals surface area contributed by atoms with E-state index in [2.05, 4.69) is 28.6 Å². The summed E-state index contributed by atoms with van der Waals surface area (Å²) in [7, 11) is 4.15. The van der Waals surface area contributed by atoms with Crippen molar-refractivity contribution in [3.05, 3.63) is 18.0 Å². The maximum Gasteiger partial charge on any atom is 0.0534 e. The molecule has 4 heteroatoms. The van der Waals surface area contributed by atoms with E-state index >= 15 is 0 Å². The normalized spacial score (nSPS) is 19.6. The molecule has 1 N–H and O–H groups in total. The first kappa shape index (κ1) is 10.6. The fourth-order valence-electron chi connectivity index (χ4n) is 2.04. The van der Waals surface area contributed by atoms with E-state index in [4.69, 9.17) is 0 Å². The monoisotopic (exact) mass is 208 g/mol. The van der Waals surface area contributed by atoms with Crippen molar-refractivity contribution in [2.45, 2.75) is 25.4 Å². The molecule has 0 spiro atoms. The highest BCUT2D eigenvalue weighted by molar-refractivity contribution is 5.03. The predicted octanol–water partition coefficient (Wildman–Crippen LogP) is 0.604. The van der Waals surface area contributed by atoms with E-state index in [-0.39, 0.29) is 0 Å². The Morgan fingerprint density at radius 1 is 1.40 bits per heavy atom. The number of hydrogen-bond donors (Lipinski definition) is 1. The summed E-state index contributed by atoms with van der Waals surface area (Å²) in [6.45, 7) is 3.37. The highest BCUT2D eigenvalue weighted by atomic mass is 15.2. The molecule has 0 atom stereocenters. The van der Waals surface area contributed by atoms with Crippen molar-refractivity contribution in [1.29, 1.82) is 0 Å². The summed E-state index contributed by atoms with van der Waals surface area (Å²) in [5, 5.41) is 7.75. The number of nitrogens with one attached hydrogen (secondary N) is 1. The van der Waals surface area contributed by atoms with Crippen LogP contribution in [0.2, 0.25) is 0 Å². The van der Waals surface area contributed by atoms with Gasteiger partial charge in [-0.3, -0.25) is 4.68 Å². The second kappa shape index (κ2) is 4.77. The van der Waals surface area contributed by atoms with E-state index < -0.39 is 0 Å². The Labute approximate surface area is 91.3 Å². The standard InChI is InChI=1S/C11H20N4/c1-14-5-3-11(4-6-14)12-7-10-8-13-15(2)9-10/h8-9,11-12H,3-7H2,1-2H3. The van der Waals surface area contributed by atoms with Crippen LogP contribution in [0.3, 0.4) is 0 Å². The molecule has 84 valence electrons. The fourth-order valence-corrected chi connectivity index (χ4v) is 2.04. The molecule has 1 aliphatic heterocycles. The third-order valence-electron chi connectivity index (χ3n) is 3.07. The lowest BCUT2D eigenvalue weighted by Gasteiger charge is -2.29. The molecular formula is C11H20N4. The Morgan fingerprint density at radius 3 is 2.73 bits per heavy atom. The lowest BCUT2D eigenvalue weighted by Crippen LogP contribution is -2.40. The lowest BCUT2D eigenvalue weighted by atomic mass is 10.1. The van der Waals surface area contributed by atoms with Crippen LogP contribution in [0.4, 0.5) is 0 Å². The van der Waals surface area contributed by atoms with Crippen molar-refractivity contribution in [2.24, 2.45) is 7.05 Å². The van der Waals surface area contributed by atoms with Crippen LogP contribution in [0.1, 0.15) is 18.4 Å². The lowest BCUT2D eigenvalue weighted by molar-refractivity contribution is 0.234. The molecule has 2 heterocycles. The highest BCUT2D eigenvalue weighted by Crippen LogP contribution is 2.09. The number of piperidine rings is 1. The van der Waals surface area contributed by atoms with E-state index in [9.17, 15) is 0 Å². The minimum absolute atomic E-state index is 0.682. The number of hydrogen-bond acceptors (Lipinski definition) is 3. The van der Waals surface area contributed by atoms with E-state index in [1.807, 2.05) is 17.9 Å². The van der Waals surface area contributed by atoms with Gasteiger partial charge in [0.15, 0.2) is 0 Å². The highest BCUT2D eigenvalue weighted by Gasteiger charge is 2.15. The zero-order valence-corrected chi connectivity index (χ0v) is 9.61. The molecule has 0 aromatic carbocycles. The van der Waals surface area contributed by atoms with Crippen molar-refractivity contribution in [2.75, 3.05) is 20.1 Å². The fraction of sp³-hybridized carbons (Fsp3) is 0.727. The Balaban J connectivity index is 1.74. The van der Waals surface area contributed by atoms with Gasteiger partial charge in [0.1, 0.15) is 0 Å². The van der Waals surface area contributed by atoms with Crippen molar-refractivity contribution in [3.8, 4) is 0 Å². The molecular weight excluding hydrogens is 188 g/mol. The van der Waals surface area contributed by atoms with Gasteiger partial charge in [0, 0.05) is 31.4 Å². The minimum atomic E-state index is 0.682. The first-order valence-electron chi connectivity index (χ1n) is 5.63. The molecule has 1 aliphatic rings. The minimum Gasteiger partial charge on any atom is -0.310 e. The van der Waals surface area contributed by atoms with Gasteiger partial charge in [0.25, 0.3) is 0 Å². The molecule has 0 aliphatic carbocycles. The van der Waals surface area contributed by atoms with E-state index in [0.717, 1.165) is 6.54 Å². The second-order valence-electron chi connectivity index (χ2n) is 4.48. The van der Waals surface area contributed by atoms with Crippen molar-refractivity contribution < 1.29 is 0 Å². The average Bonchev–Trinajstić information content (AvgIpc) is 2.64. The first-order valence-corrected chi connectivity index (χ1v) is 5.63. The molecule has 1 fully saturated rings. The Morgan fingerprint density at radius 2 is 2.13 bits per heavy atom. The van der Waals surface area contributed by atoms with Crippen LogP contribution in [0.15, 0.2) is 12.4 Å². The molecule has 4 nitrogen and oxygen atoms in total. The van der Waals surface area contributed by atoms with E-state index in [1.54, 1.807) is 0 Å². The molecule has 0 saturated carbocycles. The summed E-state index contributed by atoms with van der Waals surface area (Å²) in [4.78, 5) is 2.39. The summed E-state index contributed by atoms with van der Waals surface area (Å²) < 4.78 is 1.85. The van der Waals surface area contributed by atoms with Gasteiger partial charge in [-0.2, -0.15) is 5.10 Å². The van der Waals surface area contributed by atoms with Crippen LogP contribution in [0, 0.1) is 0 Å². The zero-order chi connectivity index (χ0) is 10.7. The number of rotatable bonds is 3. The predicted molar refractivity (Wildman–Crippen MR) is 60.6 cm³/mol. The van der Waals surface area contributed by atoms with Gasteiger partial charge in [-0.15, -0.1) is 0 Å². The van der Waals surface area contributed by atoms with E-state index in [1.165, 1.54) is 31.5 Å². The van der Waals surface area contributed by atoms with Gasteiger partial charge >= 0.3 is 0 Å². The van der Waals surface area contributed by atoms with Gasteiger partial charge in [-0.1, -0.05) is 0 Å². The quantitative estimate of drug-likeness (QED) is 0.790. The number of aryl methyl sites for hydroxylation is 1. The Kier molecular flexibility index (Phi) is 3.38. The number of likely N-dealkylation sites (tertiary alicyclic amines) is 1. The SMILES string of the molecule is CN1CCC(NCc2cnn(C)c2)CC1. The van der Waals surface area contributed by atoms with Gasteiger partial charge in [0.05, 0.1) is 6.20 Å². The van der Waals surface area contributed by atoms with Crippen molar-refractivity contribution >= 4 is 0 Å².